The molecule has 6 nitrogen and oxygen atoms in total. The molecule has 0 heterocycles. The summed E-state index contributed by atoms with van der Waals surface area (Å²) in [7, 11) is 0. The number of carboxylic acid groups (broad SMARTS) is 2. The van der Waals surface area contributed by atoms with E-state index in [1.807, 2.05) is 0 Å². The topological polar surface area (TPSA) is 101 Å². The van der Waals surface area contributed by atoms with Crippen LogP contribution >= 0.6 is 0 Å². The molecule has 0 unspecified atom stereocenters. The van der Waals surface area contributed by atoms with E-state index in [9.17, 15) is 14.4 Å². The molecule has 0 aromatic heterocycles. The Morgan fingerprint density at radius 1 is 0.750 bits per heavy atom. The first kappa shape index (κ1) is 35.4. The Morgan fingerprint density at radius 3 is 1.38 bits per heavy atom. The molecule has 2 N–H and O–H groups in total. The molecular formula is C25H46O6Zn. The summed E-state index contributed by atoms with van der Waals surface area (Å²) in [4.78, 5) is 31.2. The first-order valence-electron chi connectivity index (χ1n) is 12.0. The maximum absolute atomic E-state index is 10.5. The smallest absolute Gasteiger partial charge is 0.347 e. The Bertz CT molecular complexity index is 491. The fourth-order valence-electron chi connectivity index (χ4n) is 2.98. The van der Waals surface area contributed by atoms with Gasteiger partial charge in [0.05, 0.1) is 0 Å². The third-order valence-corrected chi connectivity index (χ3v) is 5.03. The molecule has 0 amide bonds. The van der Waals surface area contributed by atoms with Crippen molar-refractivity contribution in [3.05, 3.63) is 12.7 Å². The van der Waals surface area contributed by atoms with E-state index in [1.54, 1.807) is 0 Å². The van der Waals surface area contributed by atoms with Crippen LogP contribution in [0.25, 0.3) is 0 Å². The van der Waals surface area contributed by atoms with E-state index in [0.717, 1.165) is 18.9 Å². The minimum atomic E-state index is -1.48. The van der Waals surface area contributed by atoms with Crippen LogP contribution in [0.2, 0.25) is 0 Å². The molecule has 0 aromatic carbocycles. The number of carbonyl (C=O) groups is 3. The molecule has 0 atom stereocenters. The number of hydrogen-bond donors (Lipinski definition) is 2. The van der Waals surface area contributed by atoms with Gasteiger partial charge in [0.2, 0.25) is 5.60 Å². The third kappa shape index (κ3) is 26.8. The summed E-state index contributed by atoms with van der Waals surface area (Å²) in [6, 6.07) is 0. The molecule has 0 saturated carbocycles. The average Bonchev–Trinajstić information content (AvgIpc) is 2.70. The summed E-state index contributed by atoms with van der Waals surface area (Å²) in [6.07, 6.45) is 21.1. The standard InChI is InChI=1S/C18H36O2.C7H10O4.Zn/c1-2-3-4-5-6-7-8-9-10-11-12-13-14-15-16-17-18(19)20;1-4-5(8)11-7(2,3)6(9)10;/h2-17H2,1H3,(H,19,20);4H,1H2,2-3H3,(H,9,10);. The fraction of sp³-hybridized carbons (Fsp3) is 0.800. The minimum Gasteiger partial charge on any atom is -0.481 e. The summed E-state index contributed by atoms with van der Waals surface area (Å²) in [6.45, 7) is 7.98. The van der Waals surface area contributed by atoms with Crippen LogP contribution in [-0.2, 0) is 38.6 Å². The van der Waals surface area contributed by atoms with Crippen LogP contribution in [0.15, 0.2) is 12.7 Å². The van der Waals surface area contributed by atoms with E-state index in [0.29, 0.717) is 6.42 Å². The Kier molecular flexibility index (Phi) is 27.0. The van der Waals surface area contributed by atoms with Crippen molar-refractivity contribution in [2.24, 2.45) is 0 Å². The zero-order valence-electron chi connectivity index (χ0n) is 20.8. The number of rotatable bonds is 19. The van der Waals surface area contributed by atoms with Crippen LogP contribution in [0.3, 0.4) is 0 Å². The van der Waals surface area contributed by atoms with Gasteiger partial charge in [0, 0.05) is 32.0 Å². The van der Waals surface area contributed by atoms with Gasteiger partial charge in [-0.25, -0.2) is 9.59 Å². The predicted octanol–water partition coefficient (Wildman–Crippen LogP) is 6.91. The van der Waals surface area contributed by atoms with E-state index in [2.05, 4.69) is 18.2 Å². The summed E-state index contributed by atoms with van der Waals surface area (Å²) in [5.41, 5.74) is -1.48. The molecule has 0 saturated heterocycles. The SMILES string of the molecule is C=CC(=O)OC(C)(C)C(=O)O.CCCCCCCCCCCCCCCCCC(=O)O.[Zn]. The molecule has 0 fully saturated rings. The fourth-order valence-corrected chi connectivity index (χ4v) is 2.98. The van der Waals surface area contributed by atoms with Gasteiger partial charge in [-0.15, -0.1) is 0 Å². The number of aliphatic carboxylic acids is 2. The Balaban J connectivity index is -0.000000597. The van der Waals surface area contributed by atoms with Crippen molar-refractivity contribution in [2.45, 2.75) is 129 Å². The monoisotopic (exact) mass is 506 g/mol. The van der Waals surface area contributed by atoms with Crippen molar-refractivity contribution in [1.82, 2.24) is 0 Å². The average molecular weight is 508 g/mol. The molecule has 0 radical (unpaired) electrons. The molecule has 0 spiro atoms. The summed E-state index contributed by atoms with van der Waals surface area (Å²) >= 11 is 0. The summed E-state index contributed by atoms with van der Waals surface area (Å²) in [5, 5.41) is 17.0. The van der Waals surface area contributed by atoms with Crippen molar-refractivity contribution in [3.63, 3.8) is 0 Å². The minimum absolute atomic E-state index is 0. The molecule has 184 valence electrons. The van der Waals surface area contributed by atoms with Crippen molar-refractivity contribution in [3.8, 4) is 0 Å². The zero-order valence-corrected chi connectivity index (χ0v) is 23.8. The first-order valence-corrected chi connectivity index (χ1v) is 12.0. The normalized spacial score (nSPS) is 10.3. The number of unbranched alkanes of at least 4 members (excludes halogenated alkanes) is 14. The van der Waals surface area contributed by atoms with E-state index in [-0.39, 0.29) is 19.5 Å². The van der Waals surface area contributed by atoms with E-state index in [1.165, 1.54) is 97.3 Å². The third-order valence-electron chi connectivity index (χ3n) is 5.03. The van der Waals surface area contributed by atoms with Gasteiger partial charge < -0.3 is 14.9 Å². The maximum atomic E-state index is 10.5. The molecule has 0 aliphatic heterocycles. The molecule has 0 aliphatic carbocycles. The second-order valence-electron chi connectivity index (χ2n) is 8.53. The van der Waals surface area contributed by atoms with Gasteiger partial charge in [-0.2, -0.15) is 0 Å². The van der Waals surface area contributed by atoms with Gasteiger partial charge in [-0.3, -0.25) is 4.79 Å². The second-order valence-corrected chi connectivity index (χ2v) is 8.53. The first-order chi connectivity index (χ1) is 14.7. The van der Waals surface area contributed by atoms with Crippen LogP contribution in [-0.4, -0.2) is 33.7 Å². The Labute approximate surface area is 208 Å². The number of hydrogen-bond acceptors (Lipinski definition) is 4. The zero-order chi connectivity index (χ0) is 24.0. The largest absolute Gasteiger partial charge is 0.481 e. The molecule has 0 rings (SSSR count). The molecule has 32 heavy (non-hydrogen) atoms. The van der Waals surface area contributed by atoms with Crippen LogP contribution in [0, 0.1) is 0 Å². The molecule has 0 aromatic rings. The van der Waals surface area contributed by atoms with Gasteiger partial charge in [0.1, 0.15) is 0 Å². The van der Waals surface area contributed by atoms with Gasteiger partial charge in [0.25, 0.3) is 0 Å². The quantitative estimate of drug-likeness (QED) is 0.0852. The number of carbonyl (C=O) groups excluding carboxylic acids is 1. The van der Waals surface area contributed by atoms with Gasteiger partial charge in [0.15, 0.2) is 0 Å². The van der Waals surface area contributed by atoms with Gasteiger partial charge in [-0.05, 0) is 20.3 Å². The Morgan fingerprint density at radius 2 is 1.09 bits per heavy atom. The van der Waals surface area contributed by atoms with Crippen LogP contribution in [0.4, 0.5) is 0 Å². The van der Waals surface area contributed by atoms with E-state index in [4.69, 9.17) is 10.2 Å². The Hall–Kier alpha value is -1.23. The molecule has 0 bridgehead atoms. The van der Waals surface area contributed by atoms with E-state index >= 15 is 0 Å². The summed E-state index contributed by atoms with van der Waals surface area (Å²) in [5.74, 6) is -2.58. The van der Waals surface area contributed by atoms with E-state index < -0.39 is 23.5 Å². The van der Waals surface area contributed by atoms with Crippen LogP contribution < -0.4 is 0 Å². The van der Waals surface area contributed by atoms with Gasteiger partial charge >= 0.3 is 17.9 Å². The number of ether oxygens (including phenoxy) is 1. The molecule has 7 heteroatoms. The van der Waals surface area contributed by atoms with Crippen LogP contribution in [0.5, 0.6) is 0 Å². The van der Waals surface area contributed by atoms with Crippen molar-refractivity contribution >= 4 is 17.9 Å². The number of carboxylic acids is 2. The van der Waals surface area contributed by atoms with Gasteiger partial charge in [-0.1, -0.05) is 103 Å². The van der Waals surface area contributed by atoms with Crippen LogP contribution in [0.1, 0.15) is 124 Å². The molecule has 0 aliphatic rings. The number of esters is 1. The second kappa shape index (κ2) is 24.4. The van der Waals surface area contributed by atoms with Crippen molar-refractivity contribution < 1.29 is 48.8 Å². The van der Waals surface area contributed by atoms with Crippen molar-refractivity contribution in [2.75, 3.05) is 0 Å². The maximum Gasteiger partial charge on any atom is 0.347 e. The predicted molar refractivity (Wildman–Crippen MR) is 125 cm³/mol. The molecular weight excluding hydrogens is 462 g/mol. The summed E-state index contributed by atoms with van der Waals surface area (Å²) < 4.78 is 4.49. The van der Waals surface area contributed by atoms with Crippen molar-refractivity contribution in [1.29, 1.82) is 0 Å².